The number of halogens is 1. The summed E-state index contributed by atoms with van der Waals surface area (Å²) >= 11 is 0. The number of H-pyrrole nitrogens is 1. The van der Waals surface area contributed by atoms with Gasteiger partial charge in [-0.15, -0.1) is 0 Å². The van der Waals surface area contributed by atoms with Gasteiger partial charge in [-0.05, 0) is 35.9 Å². The van der Waals surface area contributed by atoms with E-state index in [1.807, 2.05) is 30.5 Å². The van der Waals surface area contributed by atoms with Crippen molar-refractivity contribution in [2.24, 2.45) is 0 Å². The summed E-state index contributed by atoms with van der Waals surface area (Å²) in [6.07, 6.45) is 2.15. The van der Waals surface area contributed by atoms with Crippen molar-refractivity contribution in [1.82, 2.24) is 15.6 Å². The highest BCUT2D eigenvalue weighted by Crippen LogP contribution is 2.19. The molecule has 0 aliphatic carbocycles. The standard InChI is InChI=1S/C21H22FN3O3/c1-28-11-10-23-21(27)19(25-20(26)14-6-8-16(22)9-7-14)12-15-13-24-18-5-3-2-4-17(15)18/h2-9,13,19,24H,10-12H2,1H3,(H,23,27)(H,25,26)/t19-/m0/s1. The Hall–Kier alpha value is -3.19. The molecular weight excluding hydrogens is 361 g/mol. The highest BCUT2D eigenvalue weighted by atomic mass is 19.1. The number of fused-ring (bicyclic) bond motifs is 1. The molecule has 3 aromatic rings. The van der Waals surface area contributed by atoms with Gasteiger partial charge in [0.2, 0.25) is 5.91 Å². The van der Waals surface area contributed by atoms with Gasteiger partial charge in [-0.25, -0.2) is 4.39 Å². The number of hydrogen-bond acceptors (Lipinski definition) is 3. The number of amides is 2. The van der Waals surface area contributed by atoms with Crippen LogP contribution in [-0.4, -0.2) is 43.1 Å². The lowest BCUT2D eigenvalue weighted by Gasteiger charge is -2.18. The van der Waals surface area contributed by atoms with E-state index in [9.17, 15) is 14.0 Å². The number of carbonyl (C=O) groups excluding carboxylic acids is 2. The number of hydrogen-bond donors (Lipinski definition) is 3. The molecule has 0 aliphatic heterocycles. The maximum atomic E-state index is 13.1. The first kappa shape index (κ1) is 19.6. The molecule has 28 heavy (non-hydrogen) atoms. The molecule has 6 nitrogen and oxygen atoms in total. The van der Waals surface area contributed by atoms with E-state index in [1.54, 1.807) is 7.11 Å². The second kappa shape index (κ2) is 9.14. The molecule has 1 atom stereocenters. The lowest BCUT2D eigenvalue weighted by Crippen LogP contribution is -2.48. The first-order valence-corrected chi connectivity index (χ1v) is 8.96. The predicted octanol–water partition coefficient (Wildman–Crippen LogP) is 2.41. The van der Waals surface area contributed by atoms with Gasteiger partial charge in [0.1, 0.15) is 11.9 Å². The second-order valence-electron chi connectivity index (χ2n) is 6.38. The lowest BCUT2D eigenvalue weighted by molar-refractivity contribution is -0.123. The van der Waals surface area contributed by atoms with Crippen molar-refractivity contribution in [1.29, 1.82) is 0 Å². The average Bonchev–Trinajstić information content (AvgIpc) is 3.11. The Kier molecular flexibility index (Phi) is 6.39. The molecule has 2 aromatic carbocycles. The third-order valence-electron chi connectivity index (χ3n) is 4.43. The van der Waals surface area contributed by atoms with Gasteiger partial charge < -0.3 is 20.4 Å². The Morgan fingerprint density at radius 3 is 2.64 bits per heavy atom. The number of carbonyl (C=O) groups is 2. The molecule has 1 aromatic heterocycles. The fraction of sp³-hybridized carbons (Fsp3) is 0.238. The van der Waals surface area contributed by atoms with Crippen LogP contribution in [0.1, 0.15) is 15.9 Å². The SMILES string of the molecule is COCCNC(=O)[C@H](Cc1c[nH]c2ccccc12)NC(=O)c1ccc(F)cc1. The van der Waals surface area contributed by atoms with Crippen LogP contribution < -0.4 is 10.6 Å². The highest BCUT2D eigenvalue weighted by molar-refractivity contribution is 5.97. The third-order valence-corrected chi connectivity index (χ3v) is 4.43. The van der Waals surface area contributed by atoms with Gasteiger partial charge in [0.25, 0.3) is 5.91 Å². The zero-order valence-corrected chi connectivity index (χ0v) is 15.5. The quantitative estimate of drug-likeness (QED) is 0.523. The van der Waals surface area contributed by atoms with E-state index in [-0.39, 0.29) is 11.5 Å². The van der Waals surface area contributed by atoms with E-state index in [2.05, 4.69) is 15.6 Å². The van der Waals surface area contributed by atoms with E-state index in [4.69, 9.17) is 4.74 Å². The molecule has 0 spiro atoms. The molecule has 146 valence electrons. The summed E-state index contributed by atoms with van der Waals surface area (Å²) in [6.45, 7) is 0.712. The number of aromatic amines is 1. The van der Waals surface area contributed by atoms with Crippen LogP contribution >= 0.6 is 0 Å². The molecule has 3 N–H and O–H groups in total. The molecule has 0 saturated carbocycles. The van der Waals surface area contributed by atoms with Crippen LogP contribution in [-0.2, 0) is 16.0 Å². The molecule has 7 heteroatoms. The minimum atomic E-state index is -0.784. The Balaban J connectivity index is 1.79. The van der Waals surface area contributed by atoms with Gasteiger partial charge in [0.15, 0.2) is 0 Å². The minimum absolute atomic E-state index is 0.287. The van der Waals surface area contributed by atoms with Crippen LogP contribution in [0, 0.1) is 5.82 Å². The highest BCUT2D eigenvalue weighted by Gasteiger charge is 2.23. The van der Waals surface area contributed by atoms with Crippen molar-refractivity contribution in [3.63, 3.8) is 0 Å². The van der Waals surface area contributed by atoms with E-state index in [0.717, 1.165) is 16.5 Å². The van der Waals surface area contributed by atoms with Crippen LogP contribution in [0.2, 0.25) is 0 Å². The molecule has 0 radical (unpaired) electrons. The van der Waals surface area contributed by atoms with Crippen molar-refractivity contribution in [3.8, 4) is 0 Å². The monoisotopic (exact) mass is 383 g/mol. The van der Waals surface area contributed by atoms with Crippen molar-refractivity contribution >= 4 is 22.7 Å². The Labute approximate surface area is 162 Å². The molecule has 0 fully saturated rings. The predicted molar refractivity (Wildman–Crippen MR) is 105 cm³/mol. The smallest absolute Gasteiger partial charge is 0.251 e. The van der Waals surface area contributed by atoms with Crippen molar-refractivity contribution < 1.29 is 18.7 Å². The molecule has 0 unspecified atom stereocenters. The summed E-state index contributed by atoms with van der Waals surface area (Å²) in [7, 11) is 1.55. The minimum Gasteiger partial charge on any atom is -0.383 e. The Morgan fingerprint density at radius 1 is 1.14 bits per heavy atom. The number of aromatic nitrogens is 1. The van der Waals surface area contributed by atoms with Crippen molar-refractivity contribution in [3.05, 3.63) is 71.7 Å². The second-order valence-corrected chi connectivity index (χ2v) is 6.38. The average molecular weight is 383 g/mol. The topological polar surface area (TPSA) is 83.2 Å². The summed E-state index contributed by atoms with van der Waals surface area (Å²) in [4.78, 5) is 28.4. The number of para-hydroxylation sites is 1. The summed E-state index contributed by atoms with van der Waals surface area (Å²) in [5.74, 6) is -1.17. The van der Waals surface area contributed by atoms with E-state index >= 15 is 0 Å². The Morgan fingerprint density at radius 2 is 1.89 bits per heavy atom. The molecule has 0 bridgehead atoms. The molecule has 0 aliphatic rings. The van der Waals surface area contributed by atoms with Crippen LogP contribution in [0.15, 0.2) is 54.7 Å². The van der Waals surface area contributed by atoms with Crippen LogP contribution in [0.5, 0.6) is 0 Å². The van der Waals surface area contributed by atoms with Gasteiger partial charge >= 0.3 is 0 Å². The largest absolute Gasteiger partial charge is 0.383 e. The number of benzene rings is 2. The zero-order valence-electron chi connectivity index (χ0n) is 15.5. The summed E-state index contributed by atoms with van der Waals surface area (Å²) in [5, 5.41) is 6.51. The fourth-order valence-electron chi connectivity index (χ4n) is 2.97. The third kappa shape index (κ3) is 4.75. The van der Waals surface area contributed by atoms with Crippen LogP contribution in [0.25, 0.3) is 10.9 Å². The first-order valence-electron chi connectivity index (χ1n) is 8.96. The van der Waals surface area contributed by atoms with Crippen molar-refractivity contribution in [2.75, 3.05) is 20.3 Å². The summed E-state index contributed by atoms with van der Waals surface area (Å²) in [5.41, 5.74) is 2.16. The Bertz CT molecular complexity index is 953. The maximum Gasteiger partial charge on any atom is 0.251 e. The summed E-state index contributed by atoms with van der Waals surface area (Å²) < 4.78 is 18.1. The molecule has 2 amide bonds. The fourth-order valence-corrected chi connectivity index (χ4v) is 2.97. The lowest BCUT2D eigenvalue weighted by atomic mass is 10.0. The van der Waals surface area contributed by atoms with Gasteiger partial charge in [-0.1, -0.05) is 18.2 Å². The van der Waals surface area contributed by atoms with E-state index in [1.165, 1.54) is 24.3 Å². The maximum absolute atomic E-state index is 13.1. The van der Waals surface area contributed by atoms with Gasteiger partial charge in [-0.3, -0.25) is 9.59 Å². The van der Waals surface area contributed by atoms with Crippen molar-refractivity contribution in [2.45, 2.75) is 12.5 Å². The van der Waals surface area contributed by atoms with Gasteiger partial charge in [-0.2, -0.15) is 0 Å². The first-order chi connectivity index (χ1) is 13.6. The van der Waals surface area contributed by atoms with Crippen LogP contribution in [0.4, 0.5) is 4.39 Å². The number of rotatable bonds is 8. The molecule has 0 saturated heterocycles. The number of nitrogens with one attached hydrogen (secondary N) is 3. The number of methoxy groups -OCH3 is 1. The molecular formula is C21H22FN3O3. The van der Waals surface area contributed by atoms with Gasteiger partial charge in [0, 0.05) is 42.7 Å². The number of ether oxygens (including phenoxy) is 1. The van der Waals surface area contributed by atoms with E-state index in [0.29, 0.717) is 19.6 Å². The normalized spacial score (nSPS) is 11.9. The van der Waals surface area contributed by atoms with Crippen LogP contribution in [0.3, 0.4) is 0 Å². The summed E-state index contributed by atoms with van der Waals surface area (Å²) in [6, 6.07) is 12.2. The van der Waals surface area contributed by atoms with Gasteiger partial charge in [0.05, 0.1) is 6.61 Å². The van der Waals surface area contributed by atoms with E-state index < -0.39 is 17.8 Å². The zero-order chi connectivity index (χ0) is 19.9. The molecule has 3 rings (SSSR count). The molecule has 1 heterocycles.